The third kappa shape index (κ3) is 6.00. The van der Waals surface area contributed by atoms with Crippen molar-refractivity contribution in [3.8, 4) is 0 Å². The molecule has 2 aromatic carbocycles. The van der Waals surface area contributed by atoms with Gasteiger partial charge in [-0.25, -0.2) is 4.99 Å². The fourth-order valence-electron chi connectivity index (χ4n) is 7.46. The molecular formula is C32H43Cl2N5O. The Hall–Kier alpha value is -2.28. The van der Waals surface area contributed by atoms with Gasteiger partial charge in [-0.3, -0.25) is 4.79 Å². The summed E-state index contributed by atoms with van der Waals surface area (Å²) in [5.41, 5.74) is 8.84. The zero-order chi connectivity index (χ0) is 28.8. The molecule has 3 aliphatic carbocycles. The Bertz CT molecular complexity index is 1250. The second kappa shape index (κ2) is 11.5. The molecule has 1 heterocycles. The van der Waals surface area contributed by atoms with Crippen LogP contribution in [0, 0.1) is 23.2 Å². The molecule has 1 saturated heterocycles. The van der Waals surface area contributed by atoms with Gasteiger partial charge in [-0.1, -0.05) is 62.2 Å². The van der Waals surface area contributed by atoms with Crippen LogP contribution in [0.4, 0.5) is 5.69 Å². The minimum absolute atomic E-state index is 0.162. The van der Waals surface area contributed by atoms with E-state index in [1.165, 1.54) is 6.42 Å². The van der Waals surface area contributed by atoms with Crippen LogP contribution in [0.3, 0.4) is 0 Å². The van der Waals surface area contributed by atoms with Gasteiger partial charge in [-0.05, 0) is 85.3 Å². The first kappa shape index (κ1) is 29.2. The van der Waals surface area contributed by atoms with Gasteiger partial charge in [0.15, 0.2) is 5.96 Å². The molecule has 3 saturated carbocycles. The summed E-state index contributed by atoms with van der Waals surface area (Å²) in [5, 5.41) is 8.42. The number of fused-ring (bicyclic) bond motifs is 2. The Morgan fingerprint density at radius 3 is 2.35 bits per heavy atom. The number of aliphatic imine (C=N–C) groups is 1. The molecule has 0 spiro atoms. The van der Waals surface area contributed by atoms with Gasteiger partial charge < -0.3 is 21.3 Å². The molecule has 4 fully saturated rings. The largest absolute Gasteiger partial charge is 0.370 e. The maximum atomic E-state index is 12.0. The van der Waals surface area contributed by atoms with Crippen molar-refractivity contribution in [2.24, 2.45) is 33.9 Å². The smallest absolute Gasteiger partial charge is 0.218 e. The zero-order valence-corrected chi connectivity index (χ0v) is 25.8. The number of hydrogen-bond donors (Lipinski definition) is 3. The summed E-state index contributed by atoms with van der Waals surface area (Å²) in [6.07, 6.45) is 2.66. The summed E-state index contributed by atoms with van der Waals surface area (Å²) < 4.78 is 0. The van der Waals surface area contributed by atoms with Crippen molar-refractivity contribution in [3.05, 3.63) is 63.6 Å². The molecular weight excluding hydrogens is 541 g/mol. The van der Waals surface area contributed by atoms with Crippen molar-refractivity contribution in [3.63, 3.8) is 0 Å². The van der Waals surface area contributed by atoms with Crippen molar-refractivity contribution in [2.75, 3.05) is 18.4 Å². The van der Waals surface area contributed by atoms with Gasteiger partial charge in [-0.2, -0.15) is 0 Å². The number of benzene rings is 2. The molecule has 7 atom stereocenters. The third-order valence-electron chi connectivity index (χ3n) is 9.77. The van der Waals surface area contributed by atoms with E-state index in [2.05, 4.69) is 62.3 Å². The molecule has 4 N–H and O–H groups in total. The number of piperazine rings is 1. The molecule has 7 unspecified atom stereocenters. The number of anilines is 1. The number of nitrogens with zero attached hydrogens (tertiary/aromatic N) is 2. The van der Waals surface area contributed by atoms with Crippen LogP contribution in [-0.4, -0.2) is 48.0 Å². The van der Waals surface area contributed by atoms with Crippen LogP contribution in [0.5, 0.6) is 0 Å². The lowest BCUT2D eigenvalue weighted by Crippen LogP contribution is -2.59. The van der Waals surface area contributed by atoms with Gasteiger partial charge in [0.05, 0.1) is 6.04 Å². The second-order valence-corrected chi connectivity index (χ2v) is 13.8. The summed E-state index contributed by atoms with van der Waals surface area (Å²) in [6.45, 7) is 13.5. The van der Waals surface area contributed by atoms with Crippen molar-refractivity contribution >= 4 is 40.8 Å². The predicted molar refractivity (Wildman–Crippen MR) is 166 cm³/mol. The number of carbonyl (C=O) groups excluding carboxylic acids is 1. The highest BCUT2D eigenvalue weighted by Gasteiger charge is 2.56. The monoisotopic (exact) mass is 583 g/mol. The SMILES string of the molecule is CC1CN(/C(=N/C2CC3CC(C2C)C3(C)C)Nc2ccc(C(CC(N)=O)c3ccc(Cl)cc3Cl)cc2)CC(C)N1. The van der Waals surface area contributed by atoms with Crippen LogP contribution in [0.1, 0.15) is 70.9 Å². The lowest BCUT2D eigenvalue weighted by atomic mass is 9.45. The summed E-state index contributed by atoms with van der Waals surface area (Å²) in [4.78, 5) is 19.8. The van der Waals surface area contributed by atoms with Gasteiger partial charge >= 0.3 is 0 Å². The number of guanidine groups is 1. The molecule has 1 amide bonds. The van der Waals surface area contributed by atoms with E-state index in [0.29, 0.717) is 39.5 Å². The number of amides is 1. The average molecular weight is 585 g/mol. The number of primary amides is 1. The van der Waals surface area contributed by atoms with Crippen LogP contribution in [0.2, 0.25) is 10.0 Å². The minimum Gasteiger partial charge on any atom is -0.370 e. The molecule has 8 heteroatoms. The van der Waals surface area contributed by atoms with E-state index in [0.717, 1.165) is 54.1 Å². The Labute approximate surface area is 249 Å². The van der Waals surface area contributed by atoms with E-state index in [1.54, 1.807) is 12.1 Å². The topological polar surface area (TPSA) is 82.8 Å². The highest BCUT2D eigenvalue weighted by atomic mass is 35.5. The molecule has 40 heavy (non-hydrogen) atoms. The normalized spacial score (nSPS) is 30.4. The molecule has 6 nitrogen and oxygen atoms in total. The van der Waals surface area contributed by atoms with Crippen molar-refractivity contribution in [1.29, 1.82) is 0 Å². The minimum atomic E-state index is -0.377. The van der Waals surface area contributed by atoms with Gasteiger partial charge in [0, 0.05) is 53.2 Å². The third-order valence-corrected chi connectivity index (χ3v) is 10.3. The highest BCUT2D eigenvalue weighted by molar-refractivity contribution is 6.35. The quantitative estimate of drug-likeness (QED) is 0.267. The molecule has 1 aliphatic heterocycles. The van der Waals surface area contributed by atoms with Gasteiger partial charge in [-0.15, -0.1) is 0 Å². The number of carbonyl (C=O) groups is 1. The Morgan fingerprint density at radius 1 is 1.10 bits per heavy atom. The molecule has 4 aliphatic rings. The van der Waals surface area contributed by atoms with E-state index in [-0.39, 0.29) is 18.2 Å². The maximum absolute atomic E-state index is 12.0. The van der Waals surface area contributed by atoms with E-state index < -0.39 is 0 Å². The molecule has 0 radical (unpaired) electrons. The van der Waals surface area contributed by atoms with Crippen molar-refractivity contribution in [1.82, 2.24) is 10.2 Å². The van der Waals surface area contributed by atoms with E-state index in [9.17, 15) is 4.79 Å². The fourth-order valence-corrected chi connectivity index (χ4v) is 8.00. The van der Waals surface area contributed by atoms with Crippen molar-refractivity contribution < 1.29 is 4.79 Å². The fraction of sp³-hybridized carbons (Fsp3) is 0.562. The summed E-state index contributed by atoms with van der Waals surface area (Å²) >= 11 is 12.7. The zero-order valence-electron chi connectivity index (χ0n) is 24.3. The number of rotatable bonds is 6. The Balaban J connectivity index is 1.41. The van der Waals surface area contributed by atoms with Gasteiger partial charge in [0.1, 0.15) is 0 Å². The number of halogens is 2. The average Bonchev–Trinajstić information content (AvgIpc) is 2.87. The number of nitrogens with two attached hydrogens (primary N) is 1. The number of nitrogens with one attached hydrogen (secondary N) is 2. The Morgan fingerprint density at radius 2 is 1.77 bits per heavy atom. The summed E-state index contributed by atoms with van der Waals surface area (Å²) in [6, 6.07) is 14.7. The van der Waals surface area contributed by atoms with E-state index in [1.807, 2.05) is 18.2 Å². The van der Waals surface area contributed by atoms with E-state index in [4.69, 9.17) is 33.9 Å². The molecule has 0 aromatic heterocycles. The maximum Gasteiger partial charge on any atom is 0.218 e. The van der Waals surface area contributed by atoms with E-state index >= 15 is 0 Å². The molecule has 216 valence electrons. The van der Waals surface area contributed by atoms with Gasteiger partial charge in [0.25, 0.3) is 0 Å². The first-order valence-corrected chi connectivity index (χ1v) is 15.4. The predicted octanol–water partition coefficient (Wildman–Crippen LogP) is 6.52. The molecule has 6 rings (SSSR count). The lowest BCUT2D eigenvalue weighted by molar-refractivity contribution is -0.118. The van der Waals surface area contributed by atoms with Crippen LogP contribution in [0.15, 0.2) is 47.5 Å². The first-order chi connectivity index (χ1) is 18.9. The lowest BCUT2D eigenvalue weighted by Gasteiger charge is -2.61. The summed E-state index contributed by atoms with van der Waals surface area (Å²) in [5.74, 6) is 2.39. The standard InChI is InChI=1S/C32H43Cl2N5O/c1-18-16-39(17-19(2)36-18)31(38-29-13-22-12-27(20(29)3)32(22,4)5)37-24-9-6-21(7-10-24)26(15-30(35)40)25-11-8-23(33)14-28(25)34/h6-11,14,18-20,22,26-27,29,36H,12-13,15-17H2,1-5H3,(H2,35,40)(H,37,38). The van der Waals surface area contributed by atoms with Crippen LogP contribution >= 0.6 is 23.2 Å². The van der Waals surface area contributed by atoms with Crippen LogP contribution in [0.25, 0.3) is 0 Å². The van der Waals surface area contributed by atoms with Crippen LogP contribution < -0.4 is 16.4 Å². The highest BCUT2D eigenvalue weighted by Crippen LogP contribution is 2.61. The van der Waals surface area contributed by atoms with Gasteiger partial charge in [0.2, 0.25) is 5.91 Å². The van der Waals surface area contributed by atoms with Crippen molar-refractivity contribution in [2.45, 2.75) is 77.9 Å². The first-order valence-electron chi connectivity index (χ1n) is 14.6. The van der Waals surface area contributed by atoms with Crippen LogP contribution in [-0.2, 0) is 4.79 Å². The molecule has 2 aromatic rings. The summed E-state index contributed by atoms with van der Waals surface area (Å²) in [7, 11) is 0. The second-order valence-electron chi connectivity index (χ2n) is 13.0. The number of hydrogen-bond acceptors (Lipinski definition) is 3. The Kier molecular flexibility index (Phi) is 8.43. The molecule has 2 bridgehead atoms.